The Labute approximate surface area is 174 Å². The van der Waals surface area contributed by atoms with E-state index in [0.717, 1.165) is 23.1 Å². The molecule has 1 aromatic carbocycles. The first-order valence-corrected chi connectivity index (χ1v) is 10.1. The number of unbranched alkanes of at least 4 members (excludes halogenated alkanes) is 1. The Kier molecular flexibility index (Phi) is 7.00. The van der Waals surface area contributed by atoms with Crippen LogP contribution in [0.25, 0.3) is 11.0 Å². The fourth-order valence-electron chi connectivity index (χ4n) is 3.10. The number of ether oxygens (including phenoxy) is 1. The van der Waals surface area contributed by atoms with E-state index in [4.69, 9.17) is 9.57 Å². The van der Waals surface area contributed by atoms with Crippen molar-refractivity contribution >= 4 is 22.7 Å². The van der Waals surface area contributed by atoms with Crippen LogP contribution in [0.1, 0.15) is 55.6 Å². The van der Waals surface area contributed by atoms with Crippen molar-refractivity contribution < 1.29 is 14.4 Å². The lowest BCUT2D eigenvalue weighted by Crippen LogP contribution is -2.34. The third kappa shape index (κ3) is 4.42. The molecule has 0 spiro atoms. The average Bonchev–Trinajstić information content (AvgIpc) is 2.76. The van der Waals surface area contributed by atoms with E-state index in [1.165, 1.54) is 6.33 Å². The second-order valence-electron chi connectivity index (χ2n) is 6.79. The lowest BCUT2D eigenvalue weighted by molar-refractivity contribution is 0.0515. The number of esters is 1. The minimum atomic E-state index is -0.719. The van der Waals surface area contributed by atoms with E-state index in [1.54, 1.807) is 13.1 Å². The Morgan fingerprint density at radius 2 is 2.00 bits per heavy atom. The molecule has 0 aliphatic rings. The van der Waals surface area contributed by atoms with Gasteiger partial charge in [0.1, 0.15) is 12.9 Å². The summed E-state index contributed by atoms with van der Waals surface area (Å²) in [5, 5.41) is 3.79. The lowest BCUT2D eigenvalue weighted by Gasteiger charge is -2.21. The van der Waals surface area contributed by atoms with Crippen LogP contribution in [0, 0.1) is 0 Å². The van der Waals surface area contributed by atoms with Gasteiger partial charge in [0, 0.05) is 12.2 Å². The van der Waals surface area contributed by atoms with Gasteiger partial charge < -0.3 is 14.9 Å². The molecular weight excluding hydrogens is 384 g/mol. The van der Waals surface area contributed by atoms with Crippen LogP contribution >= 0.6 is 0 Å². The summed E-state index contributed by atoms with van der Waals surface area (Å²) in [6.45, 7) is 6.13. The van der Waals surface area contributed by atoms with Crippen LogP contribution in [0.2, 0.25) is 0 Å². The first-order valence-electron chi connectivity index (χ1n) is 10.1. The zero-order valence-electron chi connectivity index (χ0n) is 17.4. The summed E-state index contributed by atoms with van der Waals surface area (Å²) in [6.07, 6.45) is 4.57. The number of rotatable bonds is 9. The minimum Gasteiger partial charge on any atom is -0.462 e. The number of aromatic nitrogens is 3. The van der Waals surface area contributed by atoms with Crippen molar-refractivity contribution in [2.75, 3.05) is 18.5 Å². The third-order valence-electron chi connectivity index (χ3n) is 4.66. The summed E-state index contributed by atoms with van der Waals surface area (Å²) in [5.74, 6) is -0.719. The molecule has 8 nitrogen and oxygen atoms in total. The summed E-state index contributed by atoms with van der Waals surface area (Å²) in [6, 6.07) is 9.55. The topological polar surface area (TPSA) is 95.3 Å². The van der Waals surface area contributed by atoms with E-state index in [9.17, 15) is 9.59 Å². The molecule has 0 saturated heterocycles. The van der Waals surface area contributed by atoms with Crippen LogP contribution < -0.4 is 15.7 Å². The van der Waals surface area contributed by atoms with Gasteiger partial charge in [0.05, 0.1) is 17.7 Å². The maximum atomic E-state index is 13.3. The molecule has 158 valence electrons. The SMILES string of the molecule is CCCCOn1c(=O)c(C(=O)OCC)c(NC(C)c2ccccc2)c2cncnc21. The monoisotopic (exact) mass is 410 g/mol. The van der Waals surface area contributed by atoms with Crippen molar-refractivity contribution in [1.82, 2.24) is 14.7 Å². The molecule has 1 unspecified atom stereocenters. The molecule has 0 fully saturated rings. The molecule has 0 saturated carbocycles. The van der Waals surface area contributed by atoms with E-state index >= 15 is 0 Å². The van der Waals surface area contributed by atoms with E-state index in [0.29, 0.717) is 23.3 Å². The van der Waals surface area contributed by atoms with Crippen molar-refractivity contribution in [1.29, 1.82) is 0 Å². The maximum Gasteiger partial charge on any atom is 0.346 e. The third-order valence-corrected chi connectivity index (χ3v) is 4.66. The summed E-state index contributed by atoms with van der Waals surface area (Å²) in [5.41, 5.74) is 0.889. The Morgan fingerprint density at radius 1 is 1.23 bits per heavy atom. The van der Waals surface area contributed by atoms with Gasteiger partial charge in [0.2, 0.25) is 0 Å². The summed E-state index contributed by atoms with van der Waals surface area (Å²) < 4.78 is 6.24. The van der Waals surface area contributed by atoms with Crippen molar-refractivity contribution in [2.24, 2.45) is 0 Å². The average molecular weight is 410 g/mol. The molecule has 2 aromatic heterocycles. The van der Waals surface area contributed by atoms with Crippen LogP contribution in [0.15, 0.2) is 47.7 Å². The molecule has 0 aliphatic heterocycles. The second-order valence-corrected chi connectivity index (χ2v) is 6.79. The fraction of sp³-hybridized carbons (Fsp3) is 0.364. The first-order chi connectivity index (χ1) is 14.6. The van der Waals surface area contributed by atoms with Gasteiger partial charge in [-0.25, -0.2) is 14.8 Å². The van der Waals surface area contributed by atoms with Gasteiger partial charge >= 0.3 is 11.5 Å². The van der Waals surface area contributed by atoms with Gasteiger partial charge in [0.15, 0.2) is 11.2 Å². The normalized spacial score (nSPS) is 11.8. The summed E-state index contributed by atoms with van der Waals surface area (Å²) in [4.78, 5) is 40.0. The zero-order valence-corrected chi connectivity index (χ0v) is 17.4. The van der Waals surface area contributed by atoms with Gasteiger partial charge in [-0.05, 0) is 25.8 Å². The van der Waals surface area contributed by atoms with Gasteiger partial charge in [-0.15, -0.1) is 4.73 Å². The Bertz CT molecular complexity index is 1070. The molecule has 0 aliphatic carbocycles. The minimum absolute atomic E-state index is 0.126. The van der Waals surface area contributed by atoms with Crippen LogP contribution in [0.5, 0.6) is 0 Å². The van der Waals surface area contributed by atoms with Crippen LogP contribution in [0.3, 0.4) is 0 Å². The van der Waals surface area contributed by atoms with E-state index in [2.05, 4.69) is 15.3 Å². The molecule has 1 atom stereocenters. The molecular formula is C22H26N4O4. The van der Waals surface area contributed by atoms with Gasteiger partial charge in [-0.3, -0.25) is 4.79 Å². The van der Waals surface area contributed by atoms with Crippen molar-refractivity contribution in [3.63, 3.8) is 0 Å². The smallest absolute Gasteiger partial charge is 0.346 e. The largest absolute Gasteiger partial charge is 0.462 e. The van der Waals surface area contributed by atoms with Crippen molar-refractivity contribution in [2.45, 2.75) is 39.7 Å². The Hall–Kier alpha value is -3.42. The van der Waals surface area contributed by atoms with Gasteiger partial charge in [-0.2, -0.15) is 0 Å². The highest BCUT2D eigenvalue weighted by Gasteiger charge is 2.26. The highest BCUT2D eigenvalue weighted by molar-refractivity contribution is 6.04. The standard InChI is InChI=1S/C22H26N4O4/c1-4-6-12-30-26-20-17(13-23-14-24-20)19(18(21(26)27)22(28)29-5-2)25-15(3)16-10-8-7-9-11-16/h7-11,13-15,25H,4-6,12H2,1-3H3. The number of carbonyl (C=O) groups is 1. The number of hydrogen-bond donors (Lipinski definition) is 1. The lowest BCUT2D eigenvalue weighted by atomic mass is 10.1. The van der Waals surface area contributed by atoms with Crippen molar-refractivity contribution in [3.05, 3.63) is 64.3 Å². The predicted octanol–water partition coefficient (Wildman–Crippen LogP) is 3.37. The Balaban J connectivity index is 2.18. The Morgan fingerprint density at radius 3 is 2.70 bits per heavy atom. The molecule has 0 radical (unpaired) electrons. The van der Waals surface area contributed by atoms with E-state index in [1.807, 2.05) is 44.2 Å². The van der Waals surface area contributed by atoms with E-state index < -0.39 is 11.5 Å². The highest BCUT2D eigenvalue weighted by Crippen LogP contribution is 2.28. The molecule has 30 heavy (non-hydrogen) atoms. The summed E-state index contributed by atoms with van der Waals surface area (Å²) >= 11 is 0. The van der Waals surface area contributed by atoms with Crippen LogP contribution in [-0.4, -0.2) is 33.9 Å². The van der Waals surface area contributed by atoms with Crippen LogP contribution in [0.4, 0.5) is 5.69 Å². The first kappa shape index (κ1) is 21.3. The molecule has 0 amide bonds. The van der Waals surface area contributed by atoms with Crippen molar-refractivity contribution in [3.8, 4) is 0 Å². The number of benzene rings is 1. The number of pyridine rings is 1. The second kappa shape index (κ2) is 9.87. The zero-order chi connectivity index (χ0) is 21.5. The van der Waals surface area contributed by atoms with Gasteiger partial charge in [0.25, 0.3) is 0 Å². The molecule has 1 N–H and O–H groups in total. The van der Waals surface area contributed by atoms with E-state index in [-0.39, 0.29) is 18.2 Å². The van der Waals surface area contributed by atoms with Gasteiger partial charge in [-0.1, -0.05) is 43.7 Å². The molecule has 3 rings (SSSR count). The number of carbonyl (C=O) groups excluding carboxylic acids is 1. The number of fused-ring (bicyclic) bond motifs is 1. The number of nitrogens with zero attached hydrogens (tertiary/aromatic N) is 3. The molecule has 8 heteroatoms. The highest BCUT2D eigenvalue weighted by atomic mass is 16.7. The fourth-order valence-corrected chi connectivity index (χ4v) is 3.10. The quantitative estimate of drug-likeness (QED) is 0.427. The van der Waals surface area contributed by atoms with Crippen LogP contribution in [-0.2, 0) is 4.74 Å². The predicted molar refractivity (Wildman–Crippen MR) is 115 cm³/mol. The molecule has 2 heterocycles. The molecule has 3 aromatic rings. The molecule has 0 bridgehead atoms. The maximum absolute atomic E-state index is 13.3. The number of anilines is 1. The number of hydrogen-bond acceptors (Lipinski definition) is 7. The number of nitrogens with one attached hydrogen (secondary N) is 1. The summed E-state index contributed by atoms with van der Waals surface area (Å²) in [7, 11) is 0.